The summed E-state index contributed by atoms with van der Waals surface area (Å²) >= 11 is 0. The standard InChI is InChI=1S/C11H12N2O5/c1-2-18-11(17)10(16)13-6-4-3-5-7(14)8(6)9(12)15/h3-5,14H,2H2,1H3,(H2,12,15)(H,13,16). The van der Waals surface area contributed by atoms with Crippen LogP contribution in [-0.2, 0) is 14.3 Å². The molecule has 4 N–H and O–H groups in total. The fourth-order valence-corrected chi connectivity index (χ4v) is 1.27. The molecule has 1 aromatic carbocycles. The van der Waals surface area contributed by atoms with Crippen molar-refractivity contribution in [2.75, 3.05) is 11.9 Å². The van der Waals surface area contributed by atoms with Crippen LogP contribution in [0.25, 0.3) is 0 Å². The van der Waals surface area contributed by atoms with E-state index < -0.39 is 17.8 Å². The van der Waals surface area contributed by atoms with Gasteiger partial charge in [-0.15, -0.1) is 0 Å². The number of carbonyl (C=O) groups is 3. The number of benzene rings is 1. The van der Waals surface area contributed by atoms with Gasteiger partial charge in [-0.2, -0.15) is 0 Å². The molecule has 0 aromatic heterocycles. The zero-order chi connectivity index (χ0) is 13.7. The number of rotatable bonds is 3. The molecule has 18 heavy (non-hydrogen) atoms. The van der Waals surface area contributed by atoms with Gasteiger partial charge >= 0.3 is 11.9 Å². The van der Waals surface area contributed by atoms with E-state index in [0.717, 1.165) is 0 Å². The molecule has 1 aromatic rings. The smallest absolute Gasteiger partial charge is 0.397 e. The van der Waals surface area contributed by atoms with E-state index >= 15 is 0 Å². The topological polar surface area (TPSA) is 119 Å². The summed E-state index contributed by atoms with van der Waals surface area (Å²) in [6.45, 7) is 1.60. The molecule has 0 fully saturated rings. The number of hydrogen-bond acceptors (Lipinski definition) is 5. The number of esters is 1. The fraction of sp³-hybridized carbons (Fsp3) is 0.182. The second-order valence-electron chi connectivity index (χ2n) is 3.24. The molecular weight excluding hydrogens is 240 g/mol. The minimum atomic E-state index is -1.09. The zero-order valence-corrected chi connectivity index (χ0v) is 9.60. The molecule has 0 atom stereocenters. The van der Waals surface area contributed by atoms with Crippen LogP contribution in [0, 0.1) is 0 Å². The Balaban J connectivity index is 2.98. The van der Waals surface area contributed by atoms with Gasteiger partial charge in [-0.05, 0) is 19.1 Å². The number of nitrogens with one attached hydrogen (secondary N) is 1. The van der Waals surface area contributed by atoms with Gasteiger partial charge in [-0.3, -0.25) is 9.59 Å². The van der Waals surface area contributed by atoms with E-state index in [9.17, 15) is 19.5 Å². The molecule has 0 aliphatic carbocycles. The highest BCUT2D eigenvalue weighted by atomic mass is 16.5. The number of nitrogens with two attached hydrogens (primary N) is 1. The van der Waals surface area contributed by atoms with Crippen molar-refractivity contribution in [3.63, 3.8) is 0 Å². The Hall–Kier alpha value is -2.57. The minimum absolute atomic E-state index is 0.0506. The van der Waals surface area contributed by atoms with E-state index in [4.69, 9.17) is 5.73 Å². The third-order valence-corrected chi connectivity index (χ3v) is 2.00. The lowest BCUT2D eigenvalue weighted by Crippen LogP contribution is -2.26. The Kier molecular flexibility index (Phi) is 4.25. The number of anilines is 1. The third kappa shape index (κ3) is 2.97. The number of amides is 2. The summed E-state index contributed by atoms with van der Waals surface area (Å²) in [4.78, 5) is 33.6. The molecule has 7 heteroatoms. The van der Waals surface area contributed by atoms with E-state index in [-0.39, 0.29) is 23.6 Å². The Labute approximate surface area is 103 Å². The molecule has 1 rings (SSSR count). The molecule has 0 saturated carbocycles. The highest BCUT2D eigenvalue weighted by Gasteiger charge is 2.19. The van der Waals surface area contributed by atoms with Crippen LogP contribution >= 0.6 is 0 Å². The van der Waals surface area contributed by atoms with Gasteiger partial charge in [0.15, 0.2) is 0 Å². The van der Waals surface area contributed by atoms with Crippen LogP contribution in [0.15, 0.2) is 18.2 Å². The average molecular weight is 252 g/mol. The maximum absolute atomic E-state index is 11.4. The van der Waals surface area contributed by atoms with Gasteiger partial charge in [0.1, 0.15) is 11.3 Å². The maximum atomic E-state index is 11.4. The second kappa shape index (κ2) is 5.67. The number of hydrogen-bond donors (Lipinski definition) is 3. The lowest BCUT2D eigenvalue weighted by Gasteiger charge is -2.09. The van der Waals surface area contributed by atoms with Crippen molar-refractivity contribution in [3.8, 4) is 5.75 Å². The summed E-state index contributed by atoms with van der Waals surface area (Å²) in [6.07, 6.45) is 0. The monoisotopic (exact) mass is 252 g/mol. The fourth-order valence-electron chi connectivity index (χ4n) is 1.27. The van der Waals surface area contributed by atoms with E-state index in [1.54, 1.807) is 6.92 Å². The Morgan fingerprint density at radius 3 is 2.61 bits per heavy atom. The molecule has 0 unspecified atom stereocenters. The van der Waals surface area contributed by atoms with Gasteiger partial charge in [-0.25, -0.2) is 4.79 Å². The first-order valence-electron chi connectivity index (χ1n) is 5.07. The molecular formula is C11H12N2O5. The third-order valence-electron chi connectivity index (χ3n) is 2.00. The second-order valence-corrected chi connectivity index (χ2v) is 3.24. The molecule has 7 nitrogen and oxygen atoms in total. The van der Waals surface area contributed by atoms with Crippen LogP contribution in [0.1, 0.15) is 17.3 Å². The van der Waals surface area contributed by atoms with Gasteiger partial charge in [0.2, 0.25) is 0 Å². The number of phenols is 1. The highest BCUT2D eigenvalue weighted by Crippen LogP contribution is 2.24. The van der Waals surface area contributed by atoms with E-state index in [1.165, 1.54) is 18.2 Å². The van der Waals surface area contributed by atoms with Crippen LogP contribution in [0.3, 0.4) is 0 Å². The van der Waals surface area contributed by atoms with E-state index in [1.807, 2.05) is 0 Å². The molecule has 0 aliphatic heterocycles. The SMILES string of the molecule is CCOC(=O)C(=O)Nc1cccc(O)c1C(N)=O. The number of aromatic hydroxyl groups is 1. The van der Waals surface area contributed by atoms with Crippen LogP contribution < -0.4 is 11.1 Å². The van der Waals surface area contributed by atoms with Gasteiger partial charge in [0, 0.05) is 0 Å². The van der Waals surface area contributed by atoms with Gasteiger partial charge < -0.3 is 20.9 Å². The zero-order valence-electron chi connectivity index (χ0n) is 9.60. The average Bonchev–Trinajstić information content (AvgIpc) is 2.28. The highest BCUT2D eigenvalue weighted by molar-refractivity contribution is 6.37. The number of carbonyl (C=O) groups excluding carboxylic acids is 3. The molecule has 0 saturated heterocycles. The first-order chi connectivity index (χ1) is 8.47. The summed E-state index contributed by atoms with van der Waals surface area (Å²) < 4.78 is 4.48. The van der Waals surface area contributed by atoms with E-state index in [0.29, 0.717) is 0 Å². The first kappa shape index (κ1) is 13.5. The summed E-state index contributed by atoms with van der Waals surface area (Å²) in [7, 11) is 0. The molecule has 0 heterocycles. The van der Waals surface area contributed by atoms with Crippen LogP contribution in [-0.4, -0.2) is 29.5 Å². The molecule has 96 valence electrons. The predicted octanol–water partition coefficient (Wildman–Crippen LogP) is -0.00730. The van der Waals surface area contributed by atoms with Gasteiger partial charge in [-0.1, -0.05) is 6.07 Å². The van der Waals surface area contributed by atoms with Crippen LogP contribution in [0.2, 0.25) is 0 Å². The summed E-state index contributed by atoms with van der Waals surface area (Å²) in [5, 5.41) is 11.6. The maximum Gasteiger partial charge on any atom is 0.397 e. The summed E-state index contributed by atoms with van der Waals surface area (Å²) in [5.74, 6) is -3.45. The first-order valence-corrected chi connectivity index (χ1v) is 5.07. The van der Waals surface area contributed by atoms with Crippen LogP contribution in [0.4, 0.5) is 5.69 Å². The van der Waals surface area contributed by atoms with Crippen molar-refractivity contribution in [2.45, 2.75) is 6.92 Å². The largest absolute Gasteiger partial charge is 0.507 e. The summed E-state index contributed by atoms with van der Waals surface area (Å²) in [6, 6.07) is 3.96. The van der Waals surface area contributed by atoms with Crippen molar-refractivity contribution in [3.05, 3.63) is 23.8 Å². The minimum Gasteiger partial charge on any atom is -0.507 e. The van der Waals surface area contributed by atoms with E-state index in [2.05, 4.69) is 10.1 Å². The predicted molar refractivity (Wildman–Crippen MR) is 61.9 cm³/mol. The van der Waals surface area contributed by atoms with Gasteiger partial charge in [0.25, 0.3) is 5.91 Å². The normalized spacial score (nSPS) is 9.61. The Morgan fingerprint density at radius 1 is 1.39 bits per heavy atom. The quantitative estimate of drug-likeness (QED) is 0.516. The lowest BCUT2D eigenvalue weighted by molar-refractivity contribution is -0.152. The number of ether oxygens (including phenoxy) is 1. The Bertz CT molecular complexity index is 498. The van der Waals surface area contributed by atoms with Crippen molar-refractivity contribution in [1.82, 2.24) is 0 Å². The molecule has 2 amide bonds. The van der Waals surface area contributed by atoms with Crippen molar-refractivity contribution in [1.29, 1.82) is 0 Å². The molecule has 0 bridgehead atoms. The Morgan fingerprint density at radius 2 is 2.06 bits per heavy atom. The van der Waals surface area contributed by atoms with Crippen molar-refractivity contribution >= 4 is 23.5 Å². The number of primary amides is 1. The summed E-state index contributed by atoms with van der Waals surface area (Å²) in [5.41, 5.74) is 4.74. The van der Waals surface area contributed by atoms with Crippen molar-refractivity contribution < 1.29 is 24.2 Å². The van der Waals surface area contributed by atoms with Crippen molar-refractivity contribution in [2.24, 2.45) is 5.73 Å². The molecule has 0 aliphatic rings. The molecule has 0 radical (unpaired) electrons. The molecule has 0 spiro atoms. The lowest BCUT2D eigenvalue weighted by atomic mass is 10.1. The van der Waals surface area contributed by atoms with Gasteiger partial charge in [0.05, 0.1) is 12.3 Å². The van der Waals surface area contributed by atoms with Crippen LogP contribution in [0.5, 0.6) is 5.75 Å².